The van der Waals surface area contributed by atoms with Crippen molar-refractivity contribution in [2.45, 2.75) is 69.0 Å². The molecule has 7 rings (SSSR count). The van der Waals surface area contributed by atoms with Crippen molar-refractivity contribution in [3.63, 3.8) is 0 Å². The molecule has 0 spiro atoms. The van der Waals surface area contributed by atoms with E-state index in [0.29, 0.717) is 32.5 Å². The van der Waals surface area contributed by atoms with Gasteiger partial charge in [0.15, 0.2) is 5.82 Å². The first-order valence-electron chi connectivity index (χ1n) is 16.9. The largest absolute Gasteiger partial charge is 0.461 e. The number of nitrogen functional groups attached to an aromatic ring is 1. The average Bonchev–Trinajstić information content (AvgIpc) is 3.76. The molecule has 50 heavy (non-hydrogen) atoms. The zero-order valence-electron chi connectivity index (χ0n) is 28.2. The lowest BCUT2D eigenvalue weighted by atomic mass is 9.95. The van der Waals surface area contributed by atoms with Gasteiger partial charge in [-0.15, -0.1) is 0 Å². The van der Waals surface area contributed by atoms with Gasteiger partial charge in [-0.2, -0.15) is 23.1 Å². The summed E-state index contributed by atoms with van der Waals surface area (Å²) >= 11 is 0. The Bertz CT molecular complexity index is 1840. The minimum Gasteiger partial charge on any atom is -0.461 e. The van der Waals surface area contributed by atoms with Crippen LogP contribution in [-0.2, 0) is 11.0 Å². The maximum atomic E-state index is 16.6. The molecule has 3 aromatic rings. The Morgan fingerprint density at radius 2 is 1.96 bits per heavy atom. The van der Waals surface area contributed by atoms with E-state index in [1.54, 1.807) is 22.9 Å². The molecule has 16 heteroatoms. The number of fused-ring (bicyclic) bond motifs is 2. The number of amides is 1. The van der Waals surface area contributed by atoms with Crippen LogP contribution in [0.15, 0.2) is 24.4 Å². The smallest absolute Gasteiger partial charge is 0.418 e. The third-order valence-corrected chi connectivity index (χ3v) is 10.8. The number of aryl methyl sites for hydroxylation is 1. The average molecular weight is 702 g/mol. The fourth-order valence-electron chi connectivity index (χ4n) is 7.90. The number of hydrogen-bond acceptors (Lipinski definition) is 10. The van der Waals surface area contributed by atoms with Crippen molar-refractivity contribution < 1.29 is 31.5 Å². The van der Waals surface area contributed by atoms with E-state index in [4.69, 9.17) is 10.5 Å². The molecular weight excluding hydrogens is 661 g/mol. The number of nitrogens with two attached hydrogens (primary N) is 1. The quantitative estimate of drug-likeness (QED) is 0.268. The molecule has 268 valence electrons. The molecule has 2 N–H and O–H groups in total. The second kappa shape index (κ2) is 12.9. The van der Waals surface area contributed by atoms with Crippen LogP contribution >= 0.6 is 0 Å². The molecule has 4 aliphatic heterocycles. The van der Waals surface area contributed by atoms with E-state index >= 15 is 4.39 Å². The van der Waals surface area contributed by atoms with Crippen LogP contribution < -0.4 is 15.4 Å². The molecule has 11 nitrogen and oxygen atoms in total. The van der Waals surface area contributed by atoms with E-state index in [1.807, 2.05) is 13.1 Å². The number of anilines is 2. The summed E-state index contributed by atoms with van der Waals surface area (Å²) in [5, 5.41) is 0.137. The molecule has 1 amide bonds. The maximum Gasteiger partial charge on any atom is 0.418 e. The molecule has 4 saturated heterocycles. The van der Waals surface area contributed by atoms with Gasteiger partial charge >= 0.3 is 12.2 Å². The number of carbonyl (C=O) groups is 1. The highest BCUT2D eigenvalue weighted by Crippen LogP contribution is 2.42. The first kappa shape index (κ1) is 34.3. The van der Waals surface area contributed by atoms with Gasteiger partial charge in [-0.05, 0) is 57.8 Å². The standard InChI is InChI=1S/C34H40F5N9O2/c1-19-13-24(40)42-29(26(19)34(37,38)39)30-27(36)28-23(15-41-30)31(44-32(43-28)50-18-33-9-4-10-48(33)16-20(35)14-33)46(3)22-8-12-47(17-22)25(49)6-5-21-7-11-45(21)2/h5-6,13,15,20-22H,4,7-12,14,16-18H2,1-3H3,(H2,40,42)/b6-5+/t20-,21-,22-,33+/m1/s1. The van der Waals surface area contributed by atoms with Gasteiger partial charge in [0.25, 0.3) is 0 Å². The summed E-state index contributed by atoms with van der Waals surface area (Å²) in [5.41, 5.74) is 2.14. The van der Waals surface area contributed by atoms with E-state index in [9.17, 15) is 22.4 Å². The van der Waals surface area contributed by atoms with Crippen LogP contribution in [-0.4, -0.2) is 118 Å². The Morgan fingerprint density at radius 1 is 1.16 bits per heavy atom. The third kappa shape index (κ3) is 6.20. The summed E-state index contributed by atoms with van der Waals surface area (Å²) in [5.74, 6) is -1.25. The number of carbonyl (C=O) groups excluding carboxylic acids is 1. The van der Waals surface area contributed by atoms with E-state index in [2.05, 4.69) is 29.7 Å². The third-order valence-electron chi connectivity index (χ3n) is 10.8. The summed E-state index contributed by atoms with van der Waals surface area (Å²) in [6.07, 6.45) is 2.34. The Kier molecular flexibility index (Phi) is 8.81. The maximum absolute atomic E-state index is 16.6. The number of rotatable bonds is 8. The lowest BCUT2D eigenvalue weighted by molar-refractivity contribution is -0.137. The van der Waals surface area contributed by atoms with E-state index in [0.717, 1.165) is 32.0 Å². The minimum atomic E-state index is -4.87. The van der Waals surface area contributed by atoms with Gasteiger partial charge in [0.05, 0.1) is 16.5 Å². The van der Waals surface area contributed by atoms with Crippen molar-refractivity contribution in [1.29, 1.82) is 0 Å². The van der Waals surface area contributed by atoms with Crippen LogP contribution in [0.4, 0.5) is 33.6 Å². The molecule has 0 unspecified atom stereocenters. The highest BCUT2D eigenvalue weighted by molar-refractivity contribution is 5.92. The van der Waals surface area contributed by atoms with Gasteiger partial charge in [-0.1, -0.05) is 6.08 Å². The zero-order valence-corrected chi connectivity index (χ0v) is 28.2. The van der Waals surface area contributed by atoms with Gasteiger partial charge in [0, 0.05) is 64.0 Å². The Labute approximate surface area is 286 Å². The van der Waals surface area contributed by atoms with Crippen LogP contribution in [0.2, 0.25) is 0 Å². The molecule has 0 aliphatic carbocycles. The monoisotopic (exact) mass is 701 g/mol. The number of alkyl halides is 4. The van der Waals surface area contributed by atoms with Crippen molar-refractivity contribution in [2.75, 3.05) is 64.1 Å². The predicted molar refractivity (Wildman–Crippen MR) is 177 cm³/mol. The number of nitrogens with zero attached hydrogens (tertiary/aromatic N) is 8. The number of halogens is 5. The SMILES string of the molecule is Cc1cc(N)nc(-c2ncc3c(N(C)[C@@H]4CCN(C(=O)/C=C/[C@@H]5CCN5C)C4)nc(OC[C@@]45CCCN4C[C@H](F)C5)nc3c2F)c1C(F)(F)F. The second-order valence-corrected chi connectivity index (χ2v) is 14.0. The van der Waals surface area contributed by atoms with Crippen LogP contribution in [0.1, 0.15) is 43.2 Å². The van der Waals surface area contributed by atoms with E-state index < -0.39 is 40.7 Å². The number of ether oxygens (including phenoxy) is 1. The fraction of sp³-hybridized carbons (Fsp3) is 0.559. The summed E-state index contributed by atoms with van der Waals surface area (Å²) in [4.78, 5) is 37.8. The number of aromatic nitrogens is 4. The molecule has 4 aliphatic rings. The van der Waals surface area contributed by atoms with Gasteiger partial charge in [0.1, 0.15) is 41.3 Å². The van der Waals surface area contributed by atoms with Crippen molar-refractivity contribution in [2.24, 2.45) is 0 Å². The molecule has 3 aromatic heterocycles. The first-order chi connectivity index (χ1) is 23.7. The normalized spacial score (nSPS) is 25.8. The van der Waals surface area contributed by atoms with Crippen LogP contribution in [0.25, 0.3) is 22.3 Å². The minimum absolute atomic E-state index is 0.0596. The van der Waals surface area contributed by atoms with Crippen LogP contribution in [0.5, 0.6) is 6.01 Å². The predicted octanol–water partition coefficient (Wildman–Crippen LogP) is 4.39. The van der Waals surface area contributed by atoms with Gasteiger partial charge < -0.3 is 20.3 Å². The Hall–Kier alpha value is -4.18. The highest BCUT2D eigenvalue weighted by Gasteiger charge is 2.49. The first-order valence-corrected chi connectivity index (χ1v) is 16.9. The van der Waals surface area contributed by atoms with Gasteiger partial charge in [-0.3, -0.25) is 19.6 Å². The van der Waals surface area contributed by atoms with Crippen molar-refractivity contribution >= 4 is 28.4 Å². The second-order valence-electron chi connectivity index (χ2n) is 14.0. The molecule has 0 radical (unpaired) electrons. The summed E-state index contributed by atoms with van der Waals surface area (Å²) < 4.78 is 79.9. The van der Waals surface area contributed by atoms with Crippen LogP contribution in [0.3, 0.4) is 0 Å². The highest BCUT2D eigenvalue weighted by atomic mass is 19.4. The molecule has 7 heterocycles. The van der Waals surface area contributed by atoms with Crippen molar-refractivity contribution in [1.82, 2.24) is 34.6 Å². The van der Waals surface area contributed by atoms with Crippen molar-refractivity contribution in [3.05, 3.63) is 41.4 Å². The molecule has 0 bridgehead atoms. The summed E-state index contributed by atoms with van der Waals surface area (Å²) in [6, 6.07) is 0.881. The summed E-state index contributed by atoms with van der Waals surface area (Å²) in [6.45, 7) is 4.17. The van der Waals surface area contributed by atoms with Gasteiger partial charge in [0.2, 0.25) is 5.91 Å². The molecule has 0 aromatic carbocycles. The Morgan fingerprint density at radius 3 is 2.68 bits per heavy atom. The summed E-state index contributed by atoms with van der Waals surface area (Å²) in [7, 11) is 3.76. The van der Waals surface area contributed by atoms with E-state index in [-0.39, 0.29) is 65.1 Å². The number of likely N-dealkylation sites (tertiary alicyclic amines) is 2. The van der Waals surface area contributed by atoms with Gasteiger partial charge in [-0.25, -0.2) is 13.8 Å². The number of likely N-dealkylation sites (N-methyl/N-ethyl adjacent to an activating group) is 2. The lowest BCUT2D eigenvalue weighted by Gasteiger charge is -2.35. The molecule has 0 saturated carbocycles. The van der Waals surface area contributed by atoms with Crippen molar-refractivity contribution in [3.8, 4) is 17.4 Å². The lowest BCUT2D eigenvalue weighted by Crippen LogP contribution is -2.43. The topological polar surface area (TPSA) is 117 Å². The zero-order chi connectivity index (χ0) is 35.5. The van der Waals surface area contributed by atoms with Crippen LogP contribution in [0, 0.1) is 12.7 Å². The molecular formula is C34H40F5N9O2. The fourth-order valence-corrected chi connectivity index (χ4v) is 7.90. The number of hydrogen-bond donors (Lipinski definition) is 1. The molecule has 4 fully saturated rings. The molecule has 4 atom stereocenters. The number of pyridine rings is 2. The van der Waals surface area contributed by atoms with E-state index in [1.165, 1.54) is 13.1 Å². The Balaban J connectivity index is 1.25.